The van der Waals surface area contributed by atoms with E-state index in [0.717, 1.165) is 28.2 Å². The molecule has 0 radical (unpaired) electrons. The van der Waals surface area contributed by atoms with Gasteiger partial charge in [0.15, 0.2) is 0 Å². The van der Waals surface area contributed by atoms with Gasteiger partial charge in [0, 0.05) is 18.2 Å². The number of rotatable bonds is 4. The van der Waals surface area contributed by atoms with Gasteiger partial charge in [0.05, 0.1) is 0 Å². The molecule has 2 rings (SSSR count). The predicted molar refractivity (Wildman–Crippen MR) is 80.1 cm³/mol. The summed E-state index contributed by atoms with van der Waals surface area (Å²) in [6.45, 7) is 6.22. The Morgan fingerprint density at radius 1 is 1.25 bits per heavy atom. The Bertz CT molecular complexity index is 624. The Labute approximate surface area is 119 Å². The summed E-state index contributed by atoms with van der Waals surface area (Å²) < 4.78 is 5.43. The van der Waals surface area contributed by atoms with Crippen molar-refractivity contribution in [2.75, 3.05) is 0 Å². The SMILES string of the molecule is C/C(=C/C(=O)NCc1cc(C)oc1C)c1ccccc1. The minimum absolute atomic E-state index is 0.0930. The molecule has 1 heterocycles. The van der Waals surface area contributed by atoms with E-state index in [-0.39, 0.29) is 5.91 Å². The number of carbonyl (C=O) groups is 1. The highest BCUT2D eigenvalue weighted by Gasteiger charge is 2.06. The van der Waals surface area contributed by atoms with E-state index >= 15 is 0 Å². The van der Waals surface area contributed by atoms with Crippen LogP contribution in [0.2, 0.25) is 0 Å². The number of carbonyl (C=O) groups excluding carboxylic acids is 1. The third-order valence-electron chi connectivity index (χ3n) is 3.17. The molecule has 2 aromatic rings. The highest BCUT2D eigenvalue weighted by Crippen LogP contribution is 2.14. The lowest BCUT2D eigenvalue weighted by molar-refractivity contribution is -0.116. The van der Waals surface area contributed by atoms with E-state index in [0.29, 0.717) is 6.54 Å². The largest absolute Gasteiger partial charge is 0.466 e. The Morgan fingerprint density at radius 3 is 2.55 bits per heavy atom. The summed E-state index contributed by atoms with van der Waals surface area (Å²) in [7, 11) is 0. The summed E-state index contributed by atoms with van der Waals surface area (Å²) in [5, 5.41) is 2.88. The summed E-state index contributed by atoms with van der Waals surface area (Å²) in [4.78, 5) is 11.9. The Hall–Kier alpha value is -2.29. The molecule has 0 fully saturated rings. The molecule has 0 aliphatic rings. The average Bonchev–Trinajstić information content (AvgIpc) is 2.75. The zero-order valence-electron chi connectivity index (χ0n) is 12.1. The van der Waals surface area contributed by atoms with E-state index in [4.69, 9.17) is 4.42 Å². The van der Waals surface area contributed by atoms with E-state index < -0.39 is 0 Å². The van der Waals surface area contributed by atoms with Crippen LogP contribution in [0.15, 0.2) is 46.9 Å². The maximum absolute atomic E-state index is 11.9. The van der Waals surface area contributed by atoms with Gasteiger partial charge in [-0.05, 0) is 38.0 Å². The molecule has 1 aromatic heterocycles. The van der Waals surface area contributed by atoms with E-state index in [1.165, 1.54) is 0 Å². The van der Waals surface area contributed by atoms with Crippen molar-refractivity contribution in [2.24, 2.45) is 0 Å². The lowest BCUT2D eigenvalue weighted by atomic mass is 10.1. The summed E-state index contributed by atoms with van der Waals surface area (Å²) in [6.07, 6.45) is 1.62. The van der Waals surface area contributed by atoms with Crippen molar-refractivity contribution in [3.63, 3.8) is 0 Å². The lowest BCUT2D eigenvalue weighted by Crippen LogP contribution is -2.20. The van der Waals surface area contributed by atoms with Gasteiger partial charge in [-0.25, -0.2) is 0 Å². The van der Waals surface area contributed by atoms with Gasteiger partial charge in [0.2, 0.25) is 5.91 Å². The van der Waals surface area contributed by atoms with Gasteiger partial charge in [-0.1, -0.05) is 30.3 Å². The smallest absolute Gasteiger partial charge is 0.244 e. The molecule has 3 nitrogen and oxygen atoms in total. The van der Waals surface area contributed by atoms with Gasteiger partial charge < -0.3 is 9.73 Å². The minimum atomic E-state index is -0.0930. The first-order valence-corrected chi connectivity index (χ1v) is 6.63. The molecule has 20 heavy (non-hydrogen) atoms. The van der Waals surface area contributed by atoms with Crippen molar-refractivity contribution in [3.05, 3.63) is 65.1 Å². The zero-order chi connectivity index (χ0) is 14.5. The third kappa shape index (κ3) is 3.60. The lowest BCUT2D eigenvalue weighted by Gasteiger charge is -2.03. The van der Waals surface area contributed by atoms with Crippen LogP contribution in [0.3, 0.4) is 0 Å². The van der Waals surface area contributed by atoms with Gasteiger partial charge in [-0.2, -0.15) is 0 Å². The fourth-order valence-corrected chi connectivity index (χ4v) is 2.07. The first kappa shape index (κ1) is 14.1. The van der Waals surface area contributed by atoms with Crippen LogP contribution >= 0.6 is 0 Å². The molecule has 104 valence electrons. The molecule has 1 N–H and O–H groups in total. The molecule has 0 aliphatic heterocycles. The van der Waals surface area contributed by atoms with E-state index in [1.54, 1.807) is 6.08 Å². The minimum Gasteiger partial charge on any atom is -0.466 e. The Kier molecular flexibility index (Phi) is 4.41. The summed E-state index contributed by atoms with van der Waals surface area (Å²) in [5.41, 5.74) is 3.02. The van der Waals surface area contributed by atoms with E-state index in [2.05, 4.69) is 5.32 Å². The quantitative estimate of drug-likeness (QED) is 0.861. The maximum Gasteiger partial charge on any atom is 0.244 e. The van der Waals surface area contributed by atoms with Gasteiger partial charge in [-0.3, -0.25) is 4.79 Å². The van der Waals surface area contributed by atoms with Crippen LogP contribution in [-0.4, -0.2) is 5.91 Å². The van der Waals surface area contributed by atoms with Crippen molar-refractivity contribution in [1.82, 2.24) is 5.32 Å². The highest BCUT2D eigenvalue weighted by atomic mass is 16.3. The highest BCUT2D eigenvalue weighted by molar-refractivity contribution is 5.94. The number of benzene rings is 1. The van der Waals surface area contributed by atoms with Crippen LogP contribution in [-0.2, 0) is 11.3 Å². The number of aryl methyl sites for hydroxylation is 2. The zero-order valence-corrected chi connectivity index (χ0v) is 12.1. The van der Waals surface area contributed by atoms with Crippen LogP contribution in [0.25, 0.3) is 5.57 Å². The topological polar surface area (TPSA) is 42.2 Å². The molecule has 0 aliphatic carbocycles. The van der Waals surface area contributed by atoms with Gasteiger partial charge in [0.25, 0.3) is 0 Å². The van der Waals surface area contributed by atoms with Crippen molar-refractivity contribution < 1.29 is 9.21 Å². The molecule has 0 saturated carbocycles. The monoisotopic (exact) mass is 269 g/mol. The number of furan rings is 1. The van der Waals surface area contributed by atoms with Crippen LogP contribution in [0.5, 0.6) is 0 Å². The first-order chi connectivity index (χ1) is 9.56. The predicted octanol–water partition coefficient (Wildman–Crippen LogP) is 3.62. The van der Waals surface area contributed by atoms with Gasteiger partial charge >= 0.3 is 0 Å². The molecular formula is C17H19NO2. The van der Waals surface area contributed by atoms with Gasteiger partial charge in [-0.15, -0.1) is 0 Å². The number of nitrogens with one attached hydrogen (secondary N) is 1. The van der Waals surface area contributed by atoms with Crippen LogP contribution in [0, 0.1) is 13.8 Å². The van der Waals surface area contributed by atoms with Crippen molar-refractivity contribution in [3.8, 4) is 0 Å². The Balaban J connectivity index is 1.97. The van der Waals surface area contributed by atoms with Crippen LogP contribution in [0.1, 0.15) is 29.6 Å². The molecule has 0 saturated heterocycles. The average molecular weight is 269 g/mol. The molecule has 1 amide bonds. The number of hydrogen-bond donors (Lipinski definition) is 1. The first-order valence-electron chi connectivity index (χ1n) is 6.63. The Morgan fingerprint density at radius 2 is 1.95 bits per heavy atom. The molecule has 0 bridgehead atoms. The maximum atomic E-state index is 11.9. The second-order valence-corrected chi connectivity index (χ2v) is 4.85. The molecule has 3 heteroatoms. The normalized spacial score (nSPS) is 11.4. The summed E-state index contributed by atoms with van der Waals surface area (Å²) in [6, 6.07) is 11.8. The van der Waals surface area contributed by atoms with Gasteiger partial charge in [0.1, 0.15) is 11.5 Å². The second kappa shape index (κ2) is 6.24. The number of hydrogen-bond acceptors (Lipinski definition) is 2. The van der Waals surface area contributed by atoms with E-state index in [1.807, 2.05) is 57.2 Å². The second-order valence-electron chi connectivity index (χ2n) is 4.85. The third-order valence-corrected chi connectivity index (χ3v) is 3.17. The fraction of sp³-hybridized carbons (Fsp3) is 0.235. The van der Waals surface area contributed by atoms with Crippen molar-refractivity contribution in [1.29, 1.82) is 0 Å². The summed E-state index contributed by atoms with van der Waals surface area (Å²) >= 11 is 0. The van der Waals surface area contributed by atoms with Crippen LogP contribution < -0.4 is 5.32 Å². The standard InChI is InChI=1S/C17H19NO2/c1-12(15-7-5-4-6-8-15)9-17(19)18-11-16-10-13(2)20-14(16)3/h4-10H,11H2,1-3H3,(H,18,19)/b12-9-. The number of allylic oxidation sites excluding steroid dienone is 1. The summed E-state index contributed by atoms with van der Waals surface area (Å²) in [5.74, 6) is 1.62. The molecule has 0 unspecified atom stereocenters. The number of amides is 1. The fourth-order valence-electron chi connectivity index (χ4n) is 2.07. The molecular weight excluding hydrogens is 250 g/mol. The van der Waals surface area contributed by atoms with Crippen molar-refractivity contribution >= 4 is 11.5 Å². The van der Waals surface area contributed by atoms with Crippen molar-refractivity contribution in [2.45, 2.75) is 27.3 Å². The molecule has 1 aromatic carbocycles. The molecule has 0 spiro atoms. The van der Waals surface area contributed by atoms with E-state index in [9.17, 15) is 4.79 Å². The van der Waals surface area contributed by atoms with Crippen LogP contribution in [0.4, 0.5) is 0 Å². The molecule has 0 atom stereocenters.